The average Bonchev–Trinajstić information content (AvgIpc) is 2.56. The first kappa shape index (κ1) is 15.0. The molecular formula is C20H16FNO. The van der Waals surface area contributed by atoms with Crippen LogP contribution in [0.25, 0.3) is 11.1 Å². The lowest BCUT2D eigenvalue weighted by Crippen LogP contribution is -2.14. The van der Waals surface area contributed by atoms with Crippen LogP contribution in [-0.4, -0.2) is 5.91 Å². The van der Waals surface area contributed by atoms with Crippen molar-refractivity contribution in [3.63, 3.8) is 0 Å². The SMILES string of the molecule is O=C(Cc1cccc(F)c1)Nc1ccc(-c2ccccc2)cc1. The molecule has 23 heavy (non-hydrogen) atoms. The van der Waals surface area contributed by atoms with Crippen LogP contribution in [0.4, 0.5) is 10.1 Å². The Bertz CT molecular complexity index is 797. The Morgan fingerprint density at radius 3 is 2.22 bits per heavy atom. The van der Waals surface area contributed by atoms with Gasteiger partial charge in [0.25, 0.3) is 0 Å². The van der Waals surface area contributed by atoms with Crippen molar-refractivity contribution in [1.82, 2.24) is 0 Å². The van der Waals surface area contributed by atoms with Gasteiger partial charge < -0.3 is 5.32 Å². The van der Waals surface area contributed by atoms with Crippen LogP contribution in [0.2, 0.25) is 0 Å². The number of halogens is 1. The summed E-state index contributed by atoms with van der Waals surface area (Å²) in [5.41, 5.74) is 3.60. The van der Waals surface area contributed by atoms with Crippen LogP contribution in [0.15, 0.2) is 78.9 Å². The van der Waals surface area contributed by atoms with Crippen molar-refractivity contribution in [2.45, 2.75) is 6.42 Å². The molecule has 0 aliphatic rings. The van der Waals surface area contributed by atoms with Crippen LogP contribution in [-0.2, 0) is 11.2 Å². The molecule has 0 atom stereocenters. The van der Waals surface area contributed by atoms with Crippen molar-refractivity contribution in [1.29, 1.82) is 0 Å². The second kappa shape index (κ2) is 6.88. The molecule has 0 fully saturated rings. The Kier molecular flexibility index (Phi) is 4.48. The minimum Gasteiger partial charge on any atom is -0.326 e. The van der Waals surface area contributed by atoms with Gasteiger partial charge in [-0.3, -0.25) is 4.79 Å². The van der Waals surface area contributed by atoms with E-state index < -0.39 is 0 Å². The first-order valence-corrected chi connectivity index (χ1v) is 7.40. The predicted molar refractivity (Wildman–Crippen MR) is 90.6 cm³/mol. The molecule has 0 saturated heterocycles. The lowest BCUT2D eigenvalue weighted by Gasteiger charge is -2.07. The molecule has 0 aromatic heterocycles. The molecule has 114 valence electrons. The highest BCUT2D eigenvalue weighted by Crippen LogP contribution is 2.21. The highest BCUT2D eigenvalue weighted by Gasteiger charge is 2.05. The third-order valence-electron chi connectivity index (χ3n) is 3.53. The summed E-state index contributed by atoms with van der Waals surface area (Å²) in [4.78, 5) is 12.0. The maximum Gasteiger partial charge on any atom is 0.228 e. The Labute approximate surface area is 134 Å². The molecule has 0 bridgehead atoms. The van der Waals surface area contributed by atoms with E-state index in [2.05, 4.69) is 5.32 Å². The van der Waals surface area contributed by atoms with E-state index in [1.54, 1.807) is 12.1 Å². The van der Waals surface area contributed by atoms with Crippen LogP contribution in [0.1, 0.15) is 5.56 Å². The molecular weight excluding hydrogens is 289 g/mol. The molecule has 0 unspecified atom stereocenters. The largest absolute Gasteiger partial charge is 0.326 e. The quantitative estimate of drug-likeness (QED) is 0.745. The van der Waals surface area contributed by atoms with Crippen molar-refractivity contribution in [3.8, 4) is 11.1 Å². The summed E-state index contributed by atoms with van der Waals surface area (Å²) in [7, 11) is 0. The van der Waals surface area contributed by atoms with Gasteiger partial charge in [0.15, 0.2) is 0 Å². The zero-order valence-corrected chi connectivity index (χ0v) is 12.5. The predicted octanol–water partition coefficient (Wildman–Crippen LogP) is 4.67. The highest BCUT2D eigenvalue weighted by molar-refractivity contribution is 5.92. The number of carbonyl (C=O) groups excluding carboxylic acids is 1. The van der Waals surface area contributed by atoms with Gasteiger partial charge in [0.05, 0.1) is 6.42 Å². The zero-order chi connectivity index (χ0) is 16.1. The first-order valence-electron chi connectivity index (χ1n) is 7.40. The van der Waals surface area contributed by atoms with Gasteiger partial charge in [-0.1, -0.05) is 54.6 Å². The number of nitrogens with one attached hydrogen (secondary N) is 1. The van der Waals surface area contributed by atoms with Crippen molar-refractivity contribution in [2.24, 2.45) is 0 Å². The second-order valence-corrected chi connectivity index (χ2v) is 5.30. The van der Waals surface area contributed by atoms with E-state index in [1.165, 1.54) is 12.1 Å². The summed E-state index contributed by atoms with van der Waals surface area (Å²) in [5, 5.41) is 2.83. The average molecular weight is 305 g/mol. The van der Waals surface area contributed by atoms with Crippen LogP contribution in [0, 0.1) is 5.82 Å². The summed E-state index contributed by atoms with van der Waals surface area (Å²) in [6.07, 6.45) is 0.151. The van der Waals surface area contributed by atoms with Gasteiger partial charge in [0, 0.05) is 5.69 Å². The molecule has 3 rings (SSSR count). The Hall–Kier alpha value is -2.94. The topological polar surface area (TPSA) is 29.1 Å². The number of amides is 1. The molecule has 0 spiro atoms. The molecule has 3 aromatic carbocycles. The molecule has 1 N–H and O–H groups in total. The van der Waals surface area contributed by atoms with Gasteiger partial charge in [-0.2, -0.15) is 0 Å². The van der Waals surface area contributed by atoms with E-state index in [1.807, 2.05) is 54.6 Å². The lowest BCUT2D eigenvalue weighted by atomic mass is 10.1. The molecule has 0 radical (unpaired) electrons. The van der Waals surface area contributed by atoms with Crippen molar-refractivity contribution >= 4 is 11.6 Å². The summed E-state index contributed by atoms with van der Waals surface area (Å²) in [6.45, 7) is 0. The van der Waals surface area contributed by atoms with E-state index >= 15 is 0 Å². The van der Waals surface area contributed by atoms with Gasteiger partial charge in [-0.15, -0.1) is 0 Å². The zero-order valence-electron chi connectivity index (χ0n) is 12.5. The number of rotatable bonds is 4. The first-order chi connectivity index (χ1) is 11.2. The third kappa shape index (κ3) is 4.04. The molecule has 0 saturated carbocycles. The fraction of sp³-hybridized carbons (Fsp3) is 0.0500. The van der Waals surface area contributed by atoms with Crippen LogP contribution in [0.3, 0.4) is 0 Å². The van der Waals surface area contributed by atoms with Gasteiger partial charge in [-0.05, 0) is 41.0 Å². The molecule has 0 heterocycles. The number of carbonyl (C=O) groups is 1. The third-order valence-corrected chi connectivity index (χ3v) is 3.53. The van der Waals surface area contributed by atoms with E-state index in [0.29, 0.717) is 5.56 Å². The van der Waals surface area contributed by atoms with E-state index in [9.17, 15) is 9.18 Å². The smallest absolute Gasteiger partial charge is 0.228 e. The van der Waals surface area contributed by atoms with Crippen molar-refractivity contribution in [2.75, 3.05) is 5.32 Å². The number of hydrogen-bond donors (Lipinski definition) is 1. The summed E-state index contributed by atoms with van der Waals surface area (Å²) < 4.78 is 13.1. The normalized spacial score (nSPS) is 10.3. The molecule has 2 nitrogen and oxygen atoms in total. The standard InChI is InChI=1S/C20H16FNO/c21-18-8-4-5-15(13-18)14-20(23)22-19-11-9-17(10-12-19)16-6-2-1-3-7-16/h1-13H,14H2,(H,22,23). The van der Waals surface area contributed by atoms with Crippen molar-refractivity contribution < 1.29 is 9.18 Å². The highest BCUT2D eigenvalue weighted by atomic mass is 19.1. The minimum absolute atomic E-state index is 0.151. The summed E-state index contributed by atoms with van der Waals surface area (Å²) in [5.74, 6) is -0.495. The fourth-order valence-electron chi connectivity index (χ4n) is 2.41. The lowest BCUT2D eigenvalue weighted by molar-refractivity contribution is -0.115. The number of benzene rings is 3. The Morgan fingerprint density at radius 2 is 1.52 bits per heavy atom. The number of hydrogen-bond acceptors (Lipinski definition) is 1. The Morgan fingerprint density at radius 1 is 0.826 bits per heavy atom. The molecule has 3 aromatic rings. The van der Waals surface area contributed by atoms with Gasteiger partial charge in [0.1, 0.15) is 5.82 Å². The molecule has 1 amide bonds. The van der Waals surface area contributed by atoms with Crippen LogP contribution < -0.4 is 5.32 Å². The molecule has 0 aliphatic heterocycles. The minimum atomic E-state index is -0.331. The maximum absolute atomic E-state index is 13.1. The van der Waals surface area contributed by atoms with Gasteiger partial charge >= 0.3 is 0 Å². The fourth-order valence-corrected chi connectivity index (χ4v) is 2.41. The second-order valence-electron chi connectivity index (χ2n) is 5.30. The Balaban J connectivity index is 1.65. The van der Waals surface area contributed by atoms with E-state index in [-0.39, 0.29) is 18.1 Å². The van der Waals surface area contributed by atoms with Crippen LogP contribution >= 0.6 is 0 Å². The summed E-state index contributed by atoms with van der Waals surface area (Å²) in [6, 6.07) is 23.8. The van der Waals surface area contributed by atoms with Gasteiger partial charge in [-0.25, -0.2) is 4.39 Å². The van der Waals surface area contributed by atoms with Crippen molar-refractivity contribution in [3.05, 3.63) is 90.2 Å². The van der Waals surface area contributed by atoms with Gasteiger partial charge in [0.2, 0.25) is 5.91 Å². The summed E-state index contributed by atoms with van der Waals surface area (Å²) >= 11 is 0. The van der Waals surface area contributed by atoms with Crippen LogP contribution in [0.5, 0.6) is 0 Å². The van der Waals surface area contributed by atoms with E-state index in [0.717, 1.165) is 16.8 Å². The number of anilines is 1. The molecule has 0 aliphatic carbocycles. The maximum atomic E-state index is 13.1. The van der Waals surface area contributed by atoms with E-state index in [4.69, 9.17) is 0 Å². The molecule has 3 heteroatoms. The monoisotopic (exact) mass is 305 g/mol.